The van der Waals surface area contributed by atoms with E-state index in [-0.39, 0.29) is 0 Å². The lowest BCUT2D eigenvalue weighted by Gasteiger charge is -2.24. The van der Waals surface area contributed by atoms with Crippen molar-refractivity contribution in [2.24, 2.45) is 0 Å². The lowest BCUT2D eigenvalue weighted by atomic mass is 10.1. The van der Waals surface area contributed by atoms with Gasteiger partial charge in [0.15, 0.2) is 0 Å². The monoisotopic (exact) mass is 248 g/mol. The van der Waals surface area contributed by atoms with E-state index in [9.17, 15) is 0 Å². The molecule has 3 rings (SSSR count). The minimum absolute atomic E-state index is 0.301. The Kier molecular flexibility index (Phi) is 2.41. The molecule has 0 aromatic heterocycles. The van der Waals surface area contributed by atoms with E-state index >= 15 is 0 Å². The summed E-state index contributed by atoms with van der Waals surface area (Å²) in [5.41, 5.74) is 2.15. The third kappa shape index (κ3) is 1.44. The van der Waals surface area contributed by atoms with Gasteiger partial charge in [0.1, 0.15) is 9.98 Å². The van der Waals surface area contributed by atoms with Crippen molar-refractivity contribution in [3.05, 3.63) is 29.8 Å². The molecular formula is C12H12N2S2. The molecule has 0 amide bonds. The van der Waals surface area contributed by atoms with Gasteiger partial charge in [-0.25, -0.2) is 0 Å². The molecule has 2 heterocycles. The number of hydrogen-bond acceptors (Lipinski definition) is 2. The predicted molar refractivity (Wildman–Crippen MR) is 74.1 cm³/mol. The Morgan fingerprint density at radius 3 is 2.94 bits per heavy atom. The first-order chi connectivity index (χ1) is 7.77. The van der Waals surface area contributed by atoms with Gasteiger partial charge in [-0.05, 0) is 25.0 Å². The average molecular weight is 248 g/mol. The molecule has 4 heteroatoms. The Hall–Kier alpha value is -1.00. The van der Waals surface area contributed by atoms with Crippen LogP contribution in [0.25, 0.3) is 0 Å². The SMILES string of the molecule is S=C1Nc2ccccc2C(=S)N2CCC[C@@H]12. The van der Waals surface area contributed by atoms with Crippen LogP contribution < -0.4 is 5.32 Å². The highest BCUT2D eigenvalue weighted by atomic mass is 32.1. The molecule has 16 heavy (non-hydrogen) atoms. The lowest BCUT2D eigenvalue weighted by Crippen LogP contribution is -2.39. The van der Waals surface area contributed by atoms with E-state index in [0.29, 0.717) is 6.04 Å². The van der Waals surface area contributed by atoms with Gasteiger partial charge < -0.3 is 10.2 Å². The van der Waals surface area contributed by atoms with Crippen molar-refractivity contribution in [1.82, 2.24) is 4.90 Å². The Balaban J connectivity index is 2.11. The van der Waals surface area contributed by atoms with Crippen LogP contribution in [0.2, 0.25) is 0 Å². The summed E-state index contributed by atoms with van der Waals surface area (Å²) in [6.07, 6.45) is 2.29. The van der Waals surface area contributed by atoms with Crippen LogP contribution in [0.15, 0.2) is 24.3 Å². The number of para-hydroxylation sites is 1. The summed E-state index contributed by atoms with van der Waals surface area (Å²) >= 11 is 11.0. The van der Waals surface area contributed by atoms with Gasteiger partial charge >= 0.3 is 0 Å². The maximum atomic E-state index is 5.56. The van der Waals surface area contributed by atoms with Crippen molar-refractivity contribution in [2.75, 3.05) is 11.9 Å². The molecule has 0 spiro atoms. The third-order valence-corrected chi connectivity index (χ3v) is 4.06. The van der Waals surface area contributed by atoms with Crippen LogP contribution in [0.3, 0.4) is 0 Å². The summed E-state index contributed by atoms with van der Waals surface area (Å²) in [6, 6.07) is 8.43. The maximum Gasteiger partial charge on any atom is 0.111 e. The van der Waals surface area contributed by atoms with Crippen molar-refractivity contribution in [1.29, 1.82) is 0 Å². The summed E-state index contributed by atoms with van der Waals surface area (Å²) in [5, 5.41) is 3.33. The first-order valence-corrected chi connectivity index (χ1v) is 6.30. The first kappa shape index (κ1) is 10.2. The normalized spacial score (nSPS) is 23.5. The van der Waals surface area contributed by atoms with E-state index in [1.54, 1.807) is 0 Å². The minimum Gasteiger partial charge on any atom is -0.353 e. The fraction of sp³-hybridized carbons (Fsp3) is 0.333. The van der Waals surface area contributed by atoms with Crippen LogP contribution in [-0.4, -0.2) is 27.5 Å². The van der Waals surface area contributed by atoms with E-state index in [1.807, 2.05) is 18.2 Å². The summed E-state index contributed by atoms with van der Waals surface area (Å²) < 4.78 is 0. The average Bonchev–Trinajstić information content (AvgIpc) is 2.74. The van der Waals surface area contributed by atoms with Crippen LogP contribution in [0, 0.1) is 0 Å². The topological polar surface area (TPSA) is 15.3 Å². The number of benzene rings is 1. The van der Waals surface area contributed by atoms with Gasteiger partial charge in [-0.3, -0.25) is 0 Å². The Morgan fingerprint density at radius 2 is 2.06 bits per heavy atom. The zero-order valence-corrected chi connectivity index (χ0v) is 10.4. The number of anilines is 1. The summed E-state index contributed by atoms with van der Waals surface area (Å²) in [6.45, 7) is 1.03. The molecule has 2 nitrogen and oxygen atoms in total. The second-order valence-corrected chi connectivity index (χ2v) is 5.02. The molecule has 82 valence electrons. The van der Waals surface area contributed by atoms with Gasteiger partial charge in [-0.1, -0.05) is 36.6 Å². The Bertz CT molecular complexity index is 470. The second-order valence-electron chi connectivity index (χ2n) is 4.19. The molecule has 1 atom stereocenters. The van der Waals surface area contributed by atoms with Crippen molar-refractivity contribution in [3.63, 3.8) is 0 Å². The van der Waals surface area contributed by atoms with E-state index < -0.39 is 0 Å². The summed E-state index contributed by atoms with van der Waals surface area (Å²) in [7, 11) is 0. The highest BCUT2D eigenvalue weighted by Gasteiger charge is 2.33. The van der Waals surface area contributed by atoms with Crippen LogP contribution >= 0.6 is 24.4 Å². The van der Waals surface area contributed by atoms with Gasteiger partial charge in [-0.15, -0.1) is 0 Å². The van der Waals surface area contributed by atoms with Gasteiger partial charge in [-0.2, -0.15) is 0 Å². The Morgan fingerprint density at radius 1 is 1.25 bits per heavy atom. The van der Waals surface area contributed by atoms with Crippen LogP contribution in [0.5, 0.6) is 0 Å². The van der Waals surface area contributed by atoms with Crippen LogP contribution in [0.4, 0.5) is 5.69 Å². The van der Waals surface area contributed by atoms with Crippen molar-refractivity contribution >= 4 is 40.1 Å². The molecule has 2 aliphatic heterocycles. The van der Waals surface area contributed by atoms with Crippen molar-refractivity contribution < 1.29 is 0 Å². The number of thiocarbonyl (C=S) groups is 2. The highest BCUT2D eigenvalue weighted by molar-refractivity contribution is 7.81. The largest absolute Gasteiger partial charge is 0.353 e. The number of rotatable bonds is 0. The zero-order valence-electron chi connectivity index (χ0n) is 8.77. The quantitative estimate of drug-likeness (QED) is 0.710. The number of nitrogens with zero attached hydrogens (tertiary/aromatic N) is 1. The lowest BCUT2D eigenvalue weighted by molar-refractivity contribution is 0.480. The molecule has 0 saturated carbocycles. The van der Waals surface area contributed by atoms with Crippen LogP contribution in [-0.2, 0) is 0 Å². The standard InChI is InChI=1S/C12H12N2S2/c15-11-10-6-3-7-14(10)12(16)8-4-1-2-5-9(8)13-11/h1-2,4-5,10H,3,6-7H2,(H,13,15)/t10-/m0/s1. The smallest absolute Gasteiger partial charge is 0.111 e. The molecule has 0 bridgehead atoms. The molecule has 1 fully saturated rings. The van der Waals surface area contributed by atoms with E-state index in [1.165, 1.54) is 6.42 Å². The Labute approximate surface area is 106 Å². The third-order valence-electron chi connectivity index (χ3n) is 3.23. The molecular weight excluding hydrogens is 236 g/mol. The molecule has 1 aromatic carbocycles. The van der Waals surface area contributed by atoms with Crippen molar-refractivity contribution in [3.8, 4) is 0 Å². The van der Waals surface area contributed by atoms with Gasteiger partial charge in [0.05, 0.1) is 6.04 Å². The predicted octanol–water partition coefficient (Wildman–Crippen LogP) is 2.58. The molecule has 0 unspecified atom stereocenters. The minimum atomic E-state index is 0.301. The number of nitrogens with one attached hydrogen (secondary N) is 1. The van der Waals surface area contributed by atoms with E-state index in [4.69, 9.17) is 24.4 Å². The fourth-order valence-corrected chi connectivity index (χ4v) is 3.18. The van der Waals surface area contributed by atoms with Crippen molar-refractivity contribution in [2.45, 2.75) is 18.9 Å². The van der Waals surface area contributed by atoms with Gasteiger partial charge in [0.2, 0.25) is 0 Å². The molecule has 1 aromatic rings. The van der Waals surface area contributed by atoms with Crippen LogP contribution in [0.1, 0.15) is 18.4 Å². The van der Waals surface area contributed by atoms with Gasteiger partial charge in [0, 0.05) is 17.8 Å². The molecule has 0 radical (unpaired) electrons. The first-order valence-electron chi connectivity index (χ1n) is 5.48. The molecule has 1 saturated heterocycles. The van der Waals surface area contributed by atoms with Gasteiger partial charge in [0.25, 0.3) is 0 Å². The number of hydrogen-bond donors (Lipinski definition) is 1. The zero-order chi connectivity index (χ0) is 11.1. The number of fused-ring (bicyclic) bond motifs is 2. The highest BCUT2D eigenvalue weighted by Crippen LogP contribution is 2.29. The van der Waals surface area contributed by atoms with E-state index in [2.05, 4.69) is 16.3 Å². The molecule has 2 aliphatic rings. The summed E-state index contributed by atoms with van der Waals surface area (Å²) in [4.78, 5) is 4.10. The summed E-state index contributed by atoms with van der Waals surface area (Å²) in [5.74, 6) is 0. The molecule has 1 N–H and O–H groups in total. The maximum absolute atomic E-state index is 5.56. The fourth-order valence-electron chi connectivity index (χ4n) is 2.43. The molecule has 0 aliphatic carbocycles. The second kappa shape index (κ2) is 3.79. The van der Waals surface area contributed by atoms with E-state index in [0.717, 1.165) is 34.2 Å².